The number of hydrogen-bond donors (Lipinski definition) is 2. The van der Waals surface area contributed by atoms with Crippen LogP contribution in [0, 0.1) is 17.1 Å². The van der Waals surface area contributed by atoms with Gasteiger partial charge in [-0.15, -0.1) is 0 Å². The normalized spacial score (nSPS) is 11.4. The van der Waals surface area contributed by atoms with E-state index in [-0.39, 0.29) is 18.5 Å². The highest BCUT2D eigenvalue weighted by atomic mass is 28.3. The van der Waals surface area contributed by atoms with Gasteiger partial charge >= 0.3 is 0 Å². The molecule has 2 heterocycles. The molecule has 4 rings (SSSR count). The van der Waals surface area contributed by atoms with E-state index in [1.165, 1.54) is 18.3 Å². The van der Waals surface area contributed by atoms with E-state index in [4.69, 9.17) is 4.74 Å². The number of anilines is 2. The predicted octanol–water partition coefficient (Wildman–Crippen LogP) is 6.13. The molecule has 0 aliphatic rings. The highest BCUT2D eigenvalue weighted by Gasteiger charge is 2.20. The molecule has 0 fully saturated rings. The molecule has 0 radical (unpaired) electrons. The Morgan fingerprint density at radius 2 is 1.89 bits per heavy atom. The summed E-state index contributed by atoms with van der Waals surface area (Å²) in [6.07, 6.45) is 1.51. The van der Waals surface area contributed by atoms with Gasteiger partial charge in [0.05, 0.1) is 28.2 Å². The zero-order valence-corrected chi connectivity index (χ0v) is 22.4. The van der Waals surface area contributed by atoms with Crippen molar-refractivity contribution in [1.29, 1.82) is 5.26 Å². The molecule has 1 amide bonds. The Hall–Kier alpha value is -4.00. The molecule has 0 saturated carbocycles. The first kappa shape index (κ1) is 26.1. The Balaban J connectivity index is 1.84. The highest BCUT2D eigenvalue weighted by molar-refractivity contribution is 6.76. The van der Waals surface area contributed by atoms with Gasteiger partial charge in [0.25, 0.3) is 5.91 Å². The molecule has 4 aromatic rings. The van der Waals surface area contributed by atoms with E-state index in [0.29, 0.717) is 40.1 Å². The fraction of sp³-hybridized carbons (Fsp3) is 0.250. The number of carbonyl (C=O) groups excluding carboxylic acids is 1. The van der Waals surface area contributed by atoms with E-state index in [1.807, 2.05) is 16.7 Å². The molecule has 0 unspecified atom stereocenters. The zero-order chi connectivity index (χ0) is 26.6. The van der Waals surface area contributed by atoms with Crippen LogP contribution < -0.4 is 10.6 Å². The topological polar surface area (TPSA) is 92.0 Å². The SMILES string of the molecule is CNC(=O)c1ccccc1Nc1c(C#N)cnc2c1cc(-c1ccc(F)cc1)n2COCC[Si](C)(C)C. The predicted molar refractivity (Wildman–Crippen MR) is 147 cm³/mol. The van der Waals surface area contributed by atoms with Crippen molar-refractivity contribution in [3.63, 3.8) is 0 Å². The lowest BCUT2D eigenvalue weighted by atomic mass is 10.1. The molecule has 0 spiro atoms. The molecule has 7 nitrogen and oxygen atoms in total. The monoisotopic (exact) mass is 515 g/mol. The van der Waals surface area contributed by atoms with Crippen LogP contribution in [0.5, 0.6) is 0 Å². The Morgan fingerprint density at radius 3 is 2.57 bits per heavy atom. The van der Waals surface area contributed by atoms with E-state index in [2.05, 4.69) is 41.3 Å². The Labute approximate surface area is 216 Å². The van der Waals surface area contributed by atoms with Gasteiger partial charge in [-0.1, -0.05) is 31.8 Å². The molecule has 0 atom stereocenters. The maximum absolute atomic E-state index is 13.7. The highest BCUT2D eigenvalue weighted by Crippen LogP contribution is 2.35. The number of para-hydroxylation sites is 1. The lowest BCUT2D eigenvalue weighted by Gasteiger charge is -2.17. The van der Waals surface area contributed by atoms with Crippen LogP contribution in [0.1, 0.15) is 15.9 Å². The van der Waals surface area contributed by atoms with Gasteiger partial charge < -0.3 is 19.9 Å². The molecular formula is C28H30FN5O2Si. The third-order valence-corrected chi connectivity index (χ3v) is 7.76. The van der Waals surface area contributed by atoms with Crippen LogP contribution in [-0.4, -0.2) is 37.2 Å². The molecule has 2 aromatic carbocycles. The van der Waals surface area contributed by atoms with Gasteiger partial charge in [-0.2, -0.15) is 5.26 Å². The molecule has 0 aliphatic heterocycles. The molecule has 37 heavy (non-hydrogen) atoms. The summed E-state index contributed by atoms with van der Waals surface area (Å²) >= 11 is 0. The summed E-state index contributed by atoms with van der Waals surface area (Å²) in [7, 11) is 0.302. The van der Waals surface area contributed by atoms with Crippen molar-refractivity contribution in [3.05, 3.63) is 77.7 Å². The summed E-state index contributed by atoms with van der Waals surface area (Å²) in [4.78, 5) is 17.0. The summed E-state index contributed by atoms with van der Waals surface area (Å²) in [6.45, 7) is 7.77. The summed E-state index contributed by atoms with van der Waals surface area (Å²) in [5, 5.41) is 16.5. The maximum atomic E-state index is 13.7. The first-order chi connectivity index (χ1) is 17.7. The third-order valence-electron chi connectivity index (χ3n) is 6.06. The number of hydrogen-bond acceptors (Lipinski definition) is 5. The van der Waals surface area contributed by atoms with Crippen molar-refractivity contribution in [1.82, 2.24) is 14.9 Å². The number of rotatable bonds is 9. The number of pyridine rings is 1. The van der Waals surface area contributed by atoms with E-state index >= 15 is 0 Å². The second kappa shape index (κ2) is 10.9. The Bertz CT molecular complexity index is 1470. The molecule has 0 bridgehead atoms. The molecular weight excluding hydrogens is 485 g/mol. The minimum atomic E-state index is -1.27. The van der Waals surface area contributed by atoms with Crippen molar-refractivity contribution in [2.45, 2.75) is 32.4 Å². The number of aromatic nitrogens is 2. The summed E-state index contributed by atoms with van der Waals surface area (Å²) in [5.74, 6) is -0.567. The molecule has 190 valence electrons. The molecule has 9 heteroatoms. The van der Waals surface area contributed by atoms with Crippen LogP contribution in [0.25, 0.3) is 22.3 Å². The minimum absolute atomic E-state index is 0.243. The van der Waals surface area contributed by atoms with Crippen molar-refractivity contribution < 1.29 is 13.9 Å². The fourth-order valence-electron chi connectivity index (χ4n) is 4.00. The number of nitrogens with zero attached hydrogens (tertiary/aromatic N) is 3. The number of fused-ring (bicyclic) bond motifs is 1. The van der Waals surface area contributed by atoms with Crippen LogP contribution in [0.4, 0.5) is 15.8 Å². The van der Waals surface area contributed by atoms with E-state index in [9.17, 15) is 14.4 Å². The van der Waals surface area contributed by atoms with E-state index in [1.54, 1.807) is 37.4 Å². The fourth-order valence-corrected chi connectivity index (χ4v) is 4.76. The molecule has 0 aliphatic carbocycles. The van der Waals surface area contributed by atoms with Crippen molar-refractivity contribution >= 4 is 36.4 Å². The van der Waals surface area contributed by atoms with Crippen molar-refractivity contribution in [3.8, 4) is 17.3 Å². The maximum Gasteiger partial charge on any atom is 0.253 e. The number of amides is 1. The first-order valence-corrected chi connectivity index (χ1v) is 15.8. The molecule has 0 saturated heterocycles. The second-order valence-electron chi connectivity index (χ2n) is 9.96. The van der Waals surface area contributed by atoms with Crippen LogP contribution >= 0.6 is 0 Å². The zero-order valence-electron chi connectivity index (χ0n) is 21.4. The van der Waals surface area contributed by atoms with Gasteiger partial charge in [0.1, 0.15) is 24.3 Å². The largest absolute Gasteiger partial charge is 0.361 e. The van der Waals surface area contributed by atoms with Crippen LogP contribution in [-0.2, 0) is 11.5 Å². The quantitative estimate of drug-likeness (QED) is 0.207. The van der Waals surface area contributed by atoms with Crippen LogP contribution in [0.15, 0.2) is 60.8 Å². The van der Waals surface area contributed by atoms with Gasteiger partial charge in [-0.25, -0.2) is 9.37 Å². The Morgan fingerprint density at radius 1 is 1.16 bits per heavy atom. The summed E-state index contributed by atoms with van der Waals surface area (Å²) in [5.41, 5.74) is 4.08. The number of benzene rings is 2. The first-order valence-electron chi connectivity index (χ1n) is 12.1. The van der Waals surface area contributed by atoms with Crippen LogP contribution in [0.2, 0.25) is 25.7 Å². The molecule has 2 N–H and O–H groups in total. The number of nitriles is 1. The van der Waals surface area contributed by atoms with E-state index < -0.39 is 8.07 Å². The molecule has 2 aromatic heterocycles. The second-order valence-corrected chi connectivity index (χ2v) is 15.6. The number of nitrogens with one attached hydrogen (secondary N) is 2. The third kappa shape index (κ3) is 5.88. The smallest absolute Gasteiger partial charge is 0.253 e. The standard InChI is InChI=1S/C28H30FN5O2Si/c1-31-28(35)22-7-5-6-8-24(22)33-26-20(16-30)17-32-27-23(26)15-25(19-9-11-21(29)12-10-19)34(27)18-36-13-14-37(2,3)4/h5-12,15,17H,13-14,18H2,1-4H3,(H,31,35)(H,32,33). The number of carbonyl (C=O) groups is 1. The average molecular weight is 516 g/mol. The van der Waals surface area contributed by atoms with Gasteiger partial charge in [-0.3, -0.25) is 4.79 Å². The minimum Gasteiger partial charge on any atom is -0.361 e. The summed E-state index contributed by atoms with van der Waals surface area (Å²) in [6, 6.07) is 18.5. The van der Waals surface area contributed by atoms with Gasteiger partial charge in [0, 0.05) is 33.3 Å². The summed E-state index contributed by atoms with van der Waals surface area (Å²) < 4.78 is 21.7. The Kier molecular flexibility index (Phi) is 7.71. The van der Waals surface area contributed by atoms with Gasteiger partial charge in [0.2, 0.25) is 0 Å². The lowest BCUT2D eigenvalue weighted by molar-refractivity contribution is 0.0909. The van der Waals surface area contributed by atoms with Crippen LogP contribution in [0.3, 0.4) is 0 Å². The van der Waals surface area contributed by atoms with Gasteiger partial charge in [-0.05, 0) is 54.1 Å². The lowest BCUT2D eigenvalue weighted by Crippen LogP contribution is -2.22. The van der Waals surface area contributed by atoms with Crippen molar-refractivity contribution in [2.75, 3.05) is 19.0 Å². The van der Waals surface area contributed by atoms with Crippen molar-refractivity contribution in [2.24, 2.45) is 0 Å². The number of ether oxygens (including phenoxy) is 1. The van der Waals surface area contributed by atoms with E-state index in [0.717, 1.165) is 17.3 Å². The number of halogens is 1. The average Bonchev–Trinajstić information content (AvgIpc) is 3.25. The van der Waals surface area contributed by atoms with Gasteiger partial charge in [0.15, 0.2) is 0 Å².